The van der Waals surface area contributed by atoms with Gasteiger partial charge < -0.3 is 5.32 Å². The van der Waals surface area contributed by atoms with Crippen molar-refractivity contribution < 1.29 is 18.5 Å². The third-order valence-electron chi connectivity index (χ3n) is 2.83. The highest BCUT2D eigenvalue weighted by molar-refractivity contribution is 6.04. The second-order valence-electron chi connectivity index (χ2n) is 4.34. The SMILES string of the molecule is Cc1ccc(NC(=O)c2ccc(F)c([N+](=O)[O-])c2)cc1F. The number of nitrogens with one attached hydrogen (secondary N) is 1. The normalized spacial score (nSPS) is 10.2. The molecule has 2 aromatic rings. The number of nitro benzene ring substituents is 1. The third-order valence-corrected chi connectivity index (χ3v) is 2.83. The standard InChI is InChI=1S/C14H10F2N2O3/c1-8-2-4-10(7-12(8)16)17-14(19)9-3-5-11(15)13(6-9)18(20)21/h2-7H,1H3,(H,17,19). The van der Waals surface area contributed by atoms with Crippen LogP contribution in [0.4, 0.5) is 20.2 Å². The summed E-state index contributed by atoms with van der Waals surface area (Å²) in [5, 5.41) is 13.0. The van der Waals surface area contributed by atoms with Gasteiger partial charge >= 0.3 is 5.69 Å². The fourth-order valence-electron chi connectivity index (χ4n) is 1.67. The number of rotatable bonds is 3. The summed E-state index contributed by atoms with van der Waals surface area (Å²) in [5.74, 6) is -2.21. The van der Waals surface area contributed by atoms with Gasteiger partial charge in [0.05, 0.1) is 4.92 Å². The number of carbonyl (C=O) groups excluding carboxylic acids is 1. The van der Waals surface area contributed by atoms with Crippen LogP contribution in [0.3, 0.4) is 0 Å². The number of halogens is 2. The molecule has 7 heteroatoms. The van der Waals surface area contributed by atoms with E-state index in [0.717, 1.165) is 24.3 Å². The van der Waals surface area contributed by atoms with Gasteiger partial charge in [-0.25, -0.2) is 4.39 Å². The highest BCUT2D eigenvalue weighted by Gasteiger charge is 2.17. The lowest BCUT2D eigenvalue weighted by atomic mass is 10.1. The van der Waals surface area contributed by atoms with Crippen molar-refractivity contribution in [2.24, 2.45) is 0 Å². The first-order valence-corrected chi connectivity index (χ1v) is 5.90. The maximum Gasteiger partial charge on any atom is 0.305 e. The molecule has 0 radical (unpaired) electrons. The van der Waals surface area contributed by atoms with Gasteiger partial charge in [0.25, 0.3) is 5.91 Å². The van der Waals surface area contributed by atoms with Crippen LogP contribution in [0.15, 0.2) is 36.4 Å². The molecule has 0 saturated heterocycles. The number of benzene rings is 2. The van der Waals surface area contributed by atoms with Gasteiger partial charge in [0.2, 0.25) is 5.82 Å². The van der Waals surface area contributed by atoms with Gasteiger partial charge in [-0.2, -0.15) is 4.39 Å². The van der Waals surface area contributed by atoms with E-state index in [0.29, 0.717) is 5.56 Å². The van der Waals surface area contributed by atoms with Gasteiger partial charge in [-0.15, -0.1) is 0 Å². The second kappa shape index (κ2) is 5.66. The molecular weight excluding hydrogens is 282 g/mol. The molecule has 0 atom stereocenters. The van der Waals surface area contributed by atoms with Crippen LogP contribution in [0.1, 0.15) is 15.9 Å². The van der Waals surface area contributed by atoms with Crippen LogP contribution in [0.2, 0.25) is 0 Å². The topological polar surface area (TPSA) is 72.2 Å². The molecule has 0 bridgehead atoms. The average molecular weight is 292 g/mol. The number of hydrogen-bond donors (Lipinski definition) is 1. The van der Waals surface area contributed by atoms with E-state index in [1.807, 2.05) is 0 Å². The summed E-state index contributed by atoms with van der Waals surface area (Å²) < 4.78 is 26.5. The minimum absolute atomic E-state index is 0.0934. The van der Waals surface area contributed by atoms with Gasteiger partial charge in [0, 0.05) is 17.3 Å². The first-order valence-electron chi connectivity index (χ1n) is 5.90. The van der Waals surface area contributed by atoms with Crippen LogP contribution in [0.25, 0.3) is 0 Å². The lowest BCUT2D eigenvalue weighted by molar-refractivity contribution is -0.387. The van der Waals surface area contributed by atoms with Gasteiger partial charge in [-0.1, -0.05) is 6.07 Å². The number of anilines is 1. The fraction of sp³-hybridized carbons (Fsp3) is 0.0714. The summed E-state index contributed by atoms with van der Waals surface area (Å²) in [6.07, 6.45) is 0. The summed E-state index contributed by atoms with van der Waals surface area (Å²) in [4.78, 5) is 21.6. The van der Waals surface area contributed by atoms with Crippen molar-refractivity contribution in [2.75, 3.05) is 5.32 Å². The van der Waals surface area contributed by atoms with Gasteiger partial charge in [0.15, 0.2) is 0 Å². The molecule has 5 nitrogen and oxygen atoms in total. The summed E-state index contributed by atoms with van der Waals surface area (Å²) in [6, 6.07) is 6.89. The minimum Gasteiger partial charge on any atom is -0.322 e. The fourth-order valence-corrected chi connectivity index (χ4v) is 1.67. The van der Waals surface area contributed by atoms with Crippen LogP contribution in [0.5, 0.6) is 0 Å². The Hall–Kier alpha value is -2.83. The molecule has 0 fully saturated rings. The molecule has 0 unspecified atom stereocenters. The number of nitrogens with zero attached hydrogens (tertiary/aromatic N) is 1. The number of carbonyl (C=O) groups is 1. The number of amides is 1. The maximum absolute atomic E-state index is 13.4. The number of hydrogen-bond acceptors (Lipinski definition) is 3. The zero-order chi connectivity index (χ0) is 15.6. The van der Waals surface area contributed by atoms with E-state index in [9.17, 15) is 23.7 Å². The van der Waals surface area contributed by atoms with Crippen molar-refractivity contribution in [3.63, 3.8) is 0 Å². The van der Waals surface area contributed by atoms with E-state index in [1.165, 1.54) is 12.1 Å². The van der Waals surface area contributed by atoms with Crippen LogP contribution in [-0.4, -0.2) is 10.8 Å². The number of nitro groups is 1. The highest BCUT2D eigenvalue weighted by Crippen LogP contribution is 2.20. The van der Waals surface area contributed by atoms with Crippen LogP contribution in [-0.2, 0) is 0 Å². The molecule has 0 spiro atoms. The summed E-state index contributed by atoms with van der Waals surface area (Å²) in [5.41, 5.74) is -0.262. The van der Waals surface area contributed by atoms with Crippen molar-refractivity contribution in [1.82, 2.24) is 0 Å². The second-order valence-corrected chi connectivity index (χ2v) is 4.34. The third kappa shape index (κ3) is 3.19. The Kier molecular flexibility index (Phi) is 3.93. The van der Waals surface area contributed by atoms with Crippen molar-refractivity contribution in [3.05, 3.63) is 69.3 Å². The van der Waals surface area contributed by atoms with E-state index >= 15 is 0 Å². The Bertz CT molecular complexity index is 732. The smallest absolute Gasteiger partial charge is 0.305 e. The molecule has 1 amide bonds. The molecule has 1 N–H and O–H groups in total. The molecule has 2 rings (SSSR count). The molecule has 0 aliphatic carbocycles. The zero-order valence-electron chi connectivity index (χ0n) is 10.9. The van der Waals surface area contributed by atoms with Crippen molar-refractivity contribution in [1.29, 1.82) is 0 Å². The van der Waals surface area contributed by atoms with E-state index in [1.54, 1.807) is 6.92 Å². The lowest BCUT2D eigenvalue weighted by Gasteiger charge is -2.06. The maximum atomic E-state index is 13.4. The van der Waals surface area contributed by atoms with Crippen LogP contribution >= 0.6 is 0 Å². The molecule has 0 heterocycles. The summed E-state index contributed by atoms with van der Waals surface area (Å²) >= 11 is 0. The molecule has 108 valence electrons. The van der Waals surface area contributed by atoms with E-state index in [2.05, 4.69) is 5.32 Å². The molecule has 0 aliphatic rings. The highest BCUT2D eigenvalue weighted by atomic mass is 19.1. The van der Waals surface area contributed by atoms with Crippen molar-refractivity contribution in [3.8, 4) is 0 Å². The molecule has 0 aliphatic heterocycles. The van der Waals surface area contributed by atoms with Crippen molar-refractivity contribution >= 4 is 17.3 Å². The van der Waals surface area contributed by atoms with Gasteiger partial charge in [-0.05, 0) is 36.8 Å². The quantitative estimate of drug-likeness (QED) is 0.695. The molecule has 0 saturated carbocycles. The van der Waals surface area contributed by atoms with E-state index in [-0.39, 0.29) is 11.3 Å². The van der Waals surface area contributed by atoms with E-state index in [4.69, 9.17) is 0 Å². The van der Waals surface area contributed by atoms with Crippen molar-refractivity contribution in [2.45, 2.75) is 6.92 Å². The lowest BCUT2D eigenvalue weighted by Crippen LogP contribution is -2.12. The largest absolute Gasteiger partial charge is 0.322 e. The molecule has 2 aromatic carbocycles. The monoisotopic (exact) mass is 292 g/mol. The van der Waals surface area contributed by atoms with Crippen LogP contribution < -0.4 is 5.32 Å². The first-order chi connectivity index (χ1) is 9.88. The number of aryl methyl sites for hydroxylation is 1. The minimum atomic E-state index is -1.03. The average Bonchev–Trinajstić information content (AvgIpc) is 2.43. The van der Waals surface area contributed by atoms with Gasteiger partial charge in [-0.3, -0.25) is 14.9 Å². The summed E-state index contributed by atoms with van der Waals surface area (Å²) in [7, 11) is 0. The molecule has 21 heavy (non-hydrogen) atoms. The summed E-state index contributed by atoms with van der Waals surface area (Å²) in [6.45, 7) is 1.57. The predicted octanol–water partition coefficient (Wildman–Crippen LogP) is 3.43. The first kappa shape index (κ1) is 14.6. The zero-order valence-corrected chi connectivity index (χ0v) is 10.9. The Morgan fingerprint density at radius 3 is 2.48 bits per heavy atom. The van der Waals surface area contributed by atoms with E-state index < -0.39 is 28.2 Å². The van der Waals surface area contributed by atoms with Gasteiger partial charge in [0.1, 0.15) is 5.82 Å². The predicted molar refractivity (Wildman–Crippen MR) is 72.1 cm³/mol. The Labute approximate surface area is 118 Å². The Morgan fingerprint density at radius 2 is 1.86 bits per heavy atom. The Morgan fingerprint density at radius 1 is 1.14 bits per heavy atom. The molecule has 0 aromatic heterocycles. The van der Waals surface area contributed by atoms with Crippen LogP contribution in [0, 0.1) is 28.7 Å². The molecular formula is C14H10F2N2O3. The Balaban J connectivity index is 2.26.